The first-order valence-electron chi connectivity index (χ1n) is 22.4. The summed E-state index contributed by atoms with van der Waals surface area (Å²) < 4.78 is 47.7. The lowest BCUT2D eigenvalue weighted by atomic mass is 10.1. The van der Waals surface area contributed by atoms with Gasteiger partial charge in [0, 0.05) is 12.8 Å². The minimum atomic E-state index is -4.88. The standard InChI is InChI=1S/C46H78O14P2/c1-3-5-7-8-9-10-11-12-13-14-15-16-20-23-26-29-32-36-45(49)56-40-44(41-59-62(54,55)58-39-43(48)38-57-61(51,52)53)60-46(50)37-33-30-27-24-21-18-17-19-22-25-28-31-35-42(47)34-6-4-2/h9-10,12-13,15-18,22,24-25,27,31,35,42-44,47-48H,3-8,11,14,19-21,23,26,28-30,32-34,36-41H2,1-2H3,(H,54,55)(H2,51,52,53)/b10-9-,13-12-,16-15-,18-17-,25-22-,27-24-,35-31-/t42-,43+,44-/m1/s1. The first kappa shape index (κ1) is 59.3. The van der Waals surface area contributed by atoms with Gasteiger partial charge in [0.2, 0.25) is 0 Å². The van der Waals surface area contributed by atoms with Gasteiger partial charge in [-0.15, -0.1) is 0 Å². The van der Waals surface area contributed by atoms with Crippen molar-refractivity contribution in [2.24, 2.45) is 0 Å². The highest BCUT2D eigenvalue weighted by molar-refractivity contribution is 7.47. The summed E-state index contributed by atoms with van der Waals surface area (Å²) in [7, 11) is -9.72. The van der Waals surface area contributed by atoms with Crippen LogP contribution in [0.15, 0.2) is 85.1 Å². The Kier molecular flexibility index (Phi) is 39.2. The van der Waals surface area contributed by atoms with Crippen molar-refractivity contribution in [1.82, 2.24) is 0 Å². The molecule has 14 nitrogen and oxygen atoms in total. The largest absolute Gasteiger partial charge is 0.472 e. The zero-order valence-electron chi connectivity index (χ0n) is 37.3. The van der Waals surface area contributed by atoms with Gasteiger partial charge in [0.15, 0.2) is 6.10 Å². The summed E-state index contributed by atoms with van der Waals surface area (Å²) in [4.78, 5) is 52.7. The van der Waals surface area contributed by atoms with Crippen molar-refractivity contribution >= 4 is 27.6 Å². The third-order valence-electron chi connectivity index (χ3n) is 8.82. The number of unbranched alkanes of at least 4 members (excludes halogenated alkanes) is 9. The van der Waals surface area contributed by atoms with Crippen LogP contribution in [0.4, 0.5) is 0 Å². The molecule has 0 aromatic heterocycles. The lowest BCUT2D eigenvalue weighted by Crippen LogP contribution is -2.29. The number of carbonyl (C=O) groups excluding carboxylic acids is 2. The van der Waals surface area contributed by atoms with Gasteiger partial charge in [0.1, 0.15) is 12.7 Å². The Hall–Kier alpha value is -2.74. The topological polar surface area (TPSA) is 216 Å². The van der Waals surface area contributed by atoms with E-state index in [0.717, 1.165) is 83.5 Å². The summed E-state index contributed by atoms with van der Waals surface area (Å²) >= 11 is 0. The molecule has 0 heterocycles. The second-order valence-corrected chi connectivity index (χ2v) is 17.5. The molecule has 0 aliphatic carbocycles. The van der Waals surface area contributed by atoms with Crippen molar-refractivity contribution in [3.63, 3.8) is 0 Å². The van der Waals surface area contributed by atoms with Crippen LogP contribution >= 0.6 is 15.6 Å². The maximum absolute atomic E-state index is 12.7. The van der Waals surface area contributed by atoms with Gasteiger partial charge in [0.05, 0.1) is 25.9 Å². The van der Waals surface area contributed by atoms with Crippen LogP contribution in [0, 0.1) is 0 Å². The van der Waals surface area contributed by atoms with E-state index in [1.807, 2.05) is 30.4 Å². The van der Waals surface area contributed by atoms with E-state index in [4.69, 9.17) is 23.8 Å². The average Bonchev–Trinajstić information content (AvgIpc) is 3.23. The molecule has 0 aromatic rings. The second-order valence-electron chi connectivity index (χ2n) is 14.8. The molecule has 0 saturated carbocycles. The van der Waals surface area contributed by atoms with Crippen LogP contribution in [0.1, 0.15) is 149 Å². The summed E-state index contributed by atoms with van der Waals surface area (Å²) in [5.74, 6) is -1.15. The number of aliphatic hydroxyl groups is 2. The van der Waals surface area contributed by atoms with Crippen LogP contribution in [0.5, 0.6) is 0 Å². The van der Waals surface area contributed by atoms with E-state index in [9.17, 15) is 33.8 Å². The molecule has 0 amide bonds. The van der Waals surface area contributed by atoms with Crippen molar-refractivity contribution in [3.8, 4) is 0 Å². The van der Waals surface area contributed by atoms with E-state index < -0.39 is 66.2 Å². The Morgan fingerprint density at radius 2 is 0.984 bits per heavy atom. The summed E-state index contributed by atoms with van der Waals surface area (Å²) in [6.45, 7) is 1.46. The van der Waals surface area contributed by atoms with E-state index in [1.54, 1.807) is 0 Å². The Balaban J connectivity index is 4.68. The highest BCUT2D eigenvalue weighted by Crippen LogP contribution is 2.43. The van der Waals surface area contributed by atoms with Crippen LogP contribution in [0.2, 0.25) is 0 Å². The molecule has 0 radical (unpaired) electrons. The third kappa shape index (κ3) is 43.9. The highest BCUT2D eigenvalue weighted by Gasteiger charge is 2.28. The molecule has 62 heavy (non-hydrogen) atoms. The van der Waals surface area contributed by atoms with E-state index in [2.05, 4.69) is 77.6 Å². The quantitative estimate of drug-likeness (QED) is 0.0167. The number of esters is 2. The number of phosphoric acid groups is 2. The number of rotatable bonds is 41. The van der Waals surface area contributed by atoms with Crippen LogP contribution in [-0.4, -0.2) is 81.6 Å². The predicted molar refractivity (Wildman–Crippen MR) is 245 cm³/mol. The van der Waals surface area contributed by atoms with Gasteiger partial charge in [-0.05, 0) is 83.5 Å². The fraction of sp³-hybridized carbons (Fsp3) is 0.652. The Morgan fingerprint density at radius 3 is 1.55 bits per heavy atom. The number of hydrogen-bond donors (Lipinski definition) is 5. The number of allylic oxidation sites excluding steroid dienone is 13. The number of phosphoric ester groups is 2. The summed E-state index contributed by atoms with van der Waals surface area (Å²) in [5, 5.41) is 19.6. The monoisotopic (exact) mass is 916 g/mol. The Bertz CT molecular complexity index is 1430. The molecule has 0 rings (SSSR count). The number of hydrogen-bond acceptors (Lipinski definition) is 11. The summed E-state index contributed by atoms with van der Waals surface area (Å²) in [5.41, 5.74) is 0. The van der Waals surface area contributed by atoms with Crippen molar-refractivity contribution < 1.29 is 66.7 Å². The molecule has 16 heteroatoms. The lowest BCUT2D eigenvalue weighted by molar-refractivity contribution is -0.161. The molecule has 1 unspecified atom stereocenters. The molecule has 5 N–H and O–H groups in total. The van der Waals surface area contributed by atoms with Gasteiger partial charge in [-0.1, -0.05) is 137 Å². The van der Waals surface area contributed by atoms with Crippen molar-refractivity contribution in [2.75, 3.05) is 26.4 Å². The molecule has 356 valence electrons. The minimum Gasteiger partial charge on any atom is -0.462 e. The van der Waals surface area contributed by atoms with Gasteiger partial charge in [-0.3, -0.25) is 23.2 Å². The van der Waals surface area contributed by atoms with Gasteiger partial charge in [-0.25, -0.2) is 9.13 Å². The van der Waals surface area contributed by atoms with Crippen molar-refractivity contribution in [2.45, 2.75) is 167 Å². The molecule has 0 aliphatic heterocycles. The van der Waals surface area contributed by atoms with E-state index in [1.165, 1.54) is 19.3 Å². The number of aliphatic hydroxyl groups excluding tert-OH is 2. The van der Waals surface area contributed by atoms with Crippen molar-refractivity contribution in [1.29, 1.82) is 0 Å². The van der Waals surface area contributed by atoms with Gasteiger partial charge in [-0.2, -0.15) is 0 Å². The third-order valence-corrected chi connectivity index (χ3v) is 10.3. The maximum Gasteiger partial charge on any atom is 0.472 e. The van der Waals surface area contributed by atoms with Gasteiger partial charge in [0.25, 0.3) is 0 Å². The predicted octanol–water partition coefficient (Wildman–Crippen LogP) is 10.5. The second kappa shape index (κ2) is 41.0. The van der Waals surface area contributed by atoms with Gasteiger partial charge < -0.3 is 34.4 Å². The number of ether oxygens (including phenoxy) is 2. The highest BCUT2D eigenvalue weighted by atomic mass is 31.2. The zero-order chi connectivity index (χ0) is 46.0. The zero-order valence-corrected chi connectivity index (χ0v) is 39.1. The molecule has 0 aliphatic rings. The van der Waals surface area contributed by atoms with Crippen LogP contribution in [-0.2, 0) is 41.8 Å². The molecular weight excluding hydrogens is 838 g/mol. The van der Waals surface area contributed by atoms with Crippen LogP contribution < -0.4 is 0 Å². The fourth-order valence-corrected chi connectivity index (χ4v) is 6.52. The van der Waals surface area contributed by atoms with E-state index in [0.29, 0.717) is 19.3 Å². The molecule has 4 atom stereocenters. The smallest absolute Gasteiger partial charge is 0.462 e. The van der Waals surface area contributed by atoms with Gasteiger partial charge >= 0.3 is 27.6 Å². The fourth-order valence-electron chi connectivity index (χ4n) is 5.36. The first-order valence-corrected chi connectivity index (χ1v) is 25.4. The normalized spacial score (nSPS) is 15.3. The average molecular weight is 917 g/mol. The minimum absolute atomic E-state index is 0.0291. The summed E-state index contributed by atoms with van der Waals surface area (Å²) in [6, 6.07) is 0. The molecule has 0 fully saturated rings. The Labute approximate surface area is 371 Å². The first-order chi connectivity index (χ1) is 29.8. The molecule has 0 saturated heterocycles. The molecule has 0 bridgehead atoms. The van der Waals surface area contributed by atoms with Crippen molar-refractivity contribution in [3.05, 3.63) is 85.1 Å². The summed E-state index contributed by atoms with van der Waals surface area (Å²) in [6.07, 6.45) is 43.4. The number of carbonyl (C=O) groups is 2. The van der Waals surface area contributed by atoms with E-state index in [-0.39, 0.29) is 18.9 Å². The lowest BCUT2D eigenvalue weighted by Gasteiger charge is -2.20. The molecule has 0 aromatic carbocycles. The SMILES string of the molecule is CCCCC/C=C\C/C=C\C/C=C\CCCCCCC(=O)OC[C@H](COP(=O)(O)OC[C@@H](O)COP(=O)(O)O)OC(=O)CCC/C=C\C/C=C\C/C=C\C/C=C\[C@H](O)CCCC. The molecule has 0 spiro atoms. The molecular formula is C46H78O14P2. The van der Waals surface area contributed by atoms with Crippen LogP contribution in [0.25, 0.3) is 0 Å². The van der Waals surface area contributed by atoms with E-state index >= 15 is 0 Å². The van der Waals surface area contributed by atoms with Crippen LogP contribution in [0.3, 0.4) is 0 Å². The Morgan fingerprint density at radius 1 is 0.516 bits per heavy atom. The maximum atomic E-state index is 12.7.